The minimum Gasteiger partial charge on any atom is -0.503 e. The van der Waals surface area contributed by atoms with E-state index in [1.54, 1.807) is 48.5 Å². The largest absolute Gasteiger partial charge is 0.503 e. The number of carbonyl (C=O) groups is 1. The van der Waals surface area contributed by atoms with Crippen LogP contribution in [0.5, 0.6) is 23.3 Å². The van der Waals surface area contributed by atoms with Crippen LogP contribution < -0.4 is 20.8 Å². The molecule has 0 aliphatic heterocycles. The second-order valence-corrected chi connectivity index (χ2v) is 12.5. The number of pyridine rings is 1. The molecule has 0 spiro atoms. The predicted octanol–water partition coefficient (Wildman–Crippen LogP) is 6.04. The van der Waals surface area contributed by atoms with E-state index in [1.165, 1.54) is 38.9 Å². The molecule has 13 nitrogen and oxygen atoms in total. The SMILES string of the molecule is CO/C=C(/C(=O)OC)c1ccccc1Oc1cc(Oc2ccccc2C#N)ncn1.Cc1cc(CC(C)CC(C)(C)C)n(O)c(=O)c1.NCCO. The number of aliphatic hydroxyl groups excluding tert-OH is 1. The van der Waals surface area contributed by atoms with Crippen LogP contribution in [0.25, 0.3) is 5.57 Å². The van der Waals surface area contributed by atoms with Crippen LogP contribution in [-0.2, 0) is 20.7 Å². The van der Waals surface area contributed by atoms with Gasteiger partial charge >= 0.3 is 5.97 Å². The number of methoxy groups -OCH3 is 2. The summed E-state index contributed by atoms with van der Waals surface area (Å²) in [6, 6.07) is 20.5. The van der Waals surface area contributed by atoms with Gasteiger partial charge in [0, 0.05) is 18.2 Å². The molecule has 1 atom stereocenters. The van der Waals surface area contributed by atoms with Crippen molar-refractivity contribution in [3.8, 4) is 29.3 Å². The number of hydrogen-bond acceptors (Lipinski definition) is 12. The second kappa shape index (κ2) is 20.7. The summed E-state index contributed by atoms with van der Waals surface area (Å²) >= 11 is 0. The van der Waals surface area contributed by atoms with E-state index in [0.29, 0.717) is 40.8 Å². The predicted molar refractivity (Wildman–Crippen MR) is 192 cm³/mol. The van der Waals surface area contributed by atoms with Crippen LogP contribution in [0.15, 0.2) is 84.1 Å². The first-order chi connectivity index (χ1) is 24.3. The molecule has 0 saturated heterocycles. The standard InChI is InChI=1S/C22H17N3O5.C14H23NO2.C2H7NO/c1-27-13-17(22(26)28-2)16-8-4-6-10-19(16)30-21-11-20(24-14-25-21)29-18-9-5-3-7-15(18)12-23;1-10-6-12(15(17)13(16)8-10)7-11(2)9-14(3,4)5;3-1-2-4/h3-11,13-14H,1-2H3;6,8,11,17H,7,9H2,1-5H3;4H,1-3H2/b17-13+;;. The highest BCUT2D eigenvalue weighted by Crippen LogP contribution is 2.32. The maximum absolute atomic E-state index is 12.1. The molecule has 1 unspecified atom stereocenters. The Morgan fingerprint density at radius 3 is 2.18 bits per heavy atom. The Kier molecular flexibility index (Phi) is 16.8. The third-order valence-corrected chi connectivity index (χ3v) is 6.75. The quantitative estimate of drug-likeness (QED) is 0.0712. The number of ether oxygens (including phenoxy) is 4. The monoisotopic (exact) mass is 701 g/mol. The molecule has 272 valence electrons. The maximum atomic E-state index is 12.1. The van der Waals surface area contributed by atoms with Gasteiger partial charge < -0.3 is 35.0 Å². The van der Waals surface area contributed by atoms with Crippen molar-refractivity contribution in [1.82, 2.24) is 14.7 Å². The van der Waals surface area contributed by atoms with Crippen LogP contribution >= 0.6 is 0 Å². The fourth-order valence-electron chi connectivity index (χ4n) is 4.92. The van der Waals surface area contributed by atoms with E-state index in [1.807, 2.05) is 13.0 Å². The molecule has 0 radical (unpaired) electrons. The van der Waals surface area contributed by atoms with E-state index in [4.69, 9.17) is 29.8 Å². The van der Waals surface area contributed by atoms with Gasteiger partial charge in [-0.3, -0.25) is 4.79 Å². The summed E-state index contributed by atoms with van der Waals surface area (Å²) in [4.78, 5) is 31.7. The minimum absolute atomic E-state index is 0.0972. The van der Waals surface area contributed by atoms with Crippen LogP contribution in [-0.4, -0.2) is 58.4 Å². The van der Waals surface area contributed by atoms with Gasteiger partial charge in [-0.25, -0.2) is 14.8 Å². The zero-order valence-corrected chi connectivity index (χ0v) is 30.1. The molecule has 2 aromatic heterocycles. The van der Waals surface area contributed by atoms with E-state index in [-0.39, 0.29) is 34.9 Å². The van der Waals surface area contributed by atoms with Crippen LogP contribution in [0.1, 0.15) is 56.5 Å². The fraction of sp³-hybridized carbons (Fsp3) is 0.342. The van der Waals surface area contributed by atoms with Crippen LogP contribution in [0.3, 0.4) is 0 Å². The first kappa shape index (κ1) is 41.5. The maximum Gasteiger partial charge on any atom is 0.341 e. The van der Waals surface area contributed by atoms with Crippen LogP contribution in [0, 0.1) is 29.6 Å². The number of rotatable bonds is 11. The highest BCUT2D eigenvalue weighted by atomic mass is 16.5. The normalized spacial score (nSPS) is 11.4. The molecular formula is C38H47N5O8. The molecule has 0 fully saturated rings. The van der Waals surface area contributed by atoms with Crippen molar-refractivity contribution < 1.29 is 34.1 Å². The topological polar surface area (TPSA) is 192 Å². The summed E-state index contributed by atoms with van der Waals surface area (Å²) < 4.78 is 22.1. The number of nitrogens with two attached hydrogens (primary N) is 1. The smallest absolute Gasteiger partial charge is 0.341 e. The second-order valence-electron chi connectivity index (χ2n) is 12.5. The van der Waals surface area contributed by atoms with Crippen molar-refractivity contribution in [2.45, 2.75) is 47.5 Å². The van der Waals surface area contributed by atoms with Gasteiger partial charge in [0.25, 0.3) is 5.56 Å². The van der Waals surface area contributed by atoms with Gasteiger partial charge in [0.1, 0.15) is 29.5 Å². The average molecular weight is 702 g/mol. The summed E-state index contributed by atoms with van der Waals surface area (Å²) in [7, 11) is 2.71. The Balaban J connectivity index is 0.000000362. The van der Waals surface area contributed by atoms with Gasteiger partial charge in [-0.2, -0.15) is 9.99 Å². The Hall–Kier alpha value is -5.71. The number of esters is 1. The highest BCUT2D eigenvalue weighted by molar-refractivity contribution is 6.17. The molecule has 4 N–H and O–H groups in total. The summed E-state index contributed by atoms with van der Waals surface area (Å²) in [6.07, 6.45) is 4.34. The molecule has 0 saturated carbocycles. The fourth-order valence-corrected chi connectivity index (χ4v) is 4.92. The van der Waals surface area contributed by atoms with Crippen molar-refractivity contribution in [2.75, 3.05) is 27.4 Å². The van der Waals surface area contributed by atoms with E-state index in [0.717, 1.165) is 23.1 Å². The Morgan fingerprint density at radius 1 is 1.02 bits per heavy atom. The first-order valence-electron chi connectivity index (χ1n) is 16.1. The zero-order valence-electron chi connectivity index (χ0n) is 30.1. The molecule has 4 aromatic rings. The summed E-state index contributed by atoms with van der Waals surface area (Å²) in [6.45, 7) is 11.1. The van der Waals surface area contributed by atoms with Crippen LogP contribution in [0.4, 0.5) is 0 Å². The van der Waals surface area contributed by atoms with Gasteiger partial charge in [-0.1, -0.05) is 58.0 Å². The average Bonchev–Trinajstić information content (AvgIpc) is 3.09. The van der Waals surface area contributed by atoms with Gasteiger partial charge in [-0.05, 0) is 60.9 Å². The van der Waals surface area contributed by atoms with Gasteiger partial charge in [0.15, 0.2) is 0 Å². The number of aryl methyl sites for hydroxylation is 1. The Labute approximate surface area is 298 Å². The lowest BCUT2D eigenvalue weighted by atomic mass is 9.83. The molecule has 2 heterocycles. The lowest BCUT2D eigenvalue weighted by molar-refractivity contribution is -0.133. The van der Waals surface area contributed by atoms with Crippen molar-refractivity contribution in [3.63, 3.8) is 0 Å². The number of carbonyl (C=O) groups excluding carboxylic acids is 1. The first-order valence-corrected chi connectivity index (χ1v) is 16.1. The van der Waals surface area contributed by atoms with Crippen LogP contribution in [0.2, 0.25) is 0 Å². The van der Waals surface area contributed by atoms with E-state index < -0.39 is 5.97 Å². The van der Waals surface area contributed by atoms with E-state index >= 15 is 0 Å². The van der Waals surface area contributed by atoms with Gasteiger partial charge in [-0.15, -0.1) is 0 Å². The number of aromatic nitrogens is 3. The minimum atomic E-state index is -0.576. The van der Waals surface area contributed by atoms with Gasteiger partial charge in [0.05, 0.1) is 44.4 Å². The molecule has 0 aliphatic carbocycles. The van der Waals surface area contributed by atoms with E-state index in [9.17, 15) is 20.1 Å². The van der Waals surface area contributed by atoms with Crippen molar-refractivity contribution in [3.05, 3.63) is 112 Å². The molecule has 0 bridgehead atoms. The van der Waals surface area contributed by atoms with Gasteiger partial charge in [0.2, 0.25) is 11.8 Å². The third-order valence-electron chi connectivity index (χ3n) is 6.75. The number of benzene rings is 2. The third kappa shape index (κ3) is 14.0. The molecule has 0 aliphatic rings. The lowest BCUT2D eigenvalue weighted by Crippen LogP contribution is -2.23. The number of hydrogen-bond donors (Lipinski definition) is 3. The Morgan fingerprint density at radius 2 is 1.61 bits per heavy atom. The number of aliphatic hydroxyl groups is 1. The molecule has 13 heteroatoms. The van der Waals surface area contributed by atoms with Crippen molar-refractivity contribution >= 4 is 11.5 Å². The number of nitriles is 1. The van der Waals surface area contributed by atoms with Crippen molar-refractivity contribution in [1.29, 1.82) is 5.26 Å². The molecule has 2 aromatic carbocycles. The molecule has 0 amide bonds. The van der Waals surface area contributed by atoms with E-state index in [2.05, 4.69) is 43.7 Å². The summed E-state index contributed by atoms with van der Waals surface area (Å²) in [5.74, 6) is 0.959. The van der Waals surface area contributed by atoms with Crippen molar-refractivity contribution in [2.24, 2.45) is 17.1 Å². The lowest BCUT2D eigenvalue weighted by Gasteiger charge is -2.23. The zero-order chi connectivity index (χ0) is 38.0. The highest BCUT2D eigenvalue weighted by Gasteiger charge is 2.19. The summed E-state index contributed by atoms with van der Waals surface area (Å²) in [5.41, 5.74) is 7.32. The Bertz CT molecular complexity index is 1840. The number of para-hydroxylation sites is 2. The molecule has 4 rings (SSSR count). The number of nitrogens with zero attached hydrogens (tertiary/aromatic N) is 4. The summed E-state index contributed by atoms with van der Waals surface area (Å²) in [5, 5.41) is 26.6. The molecule has 51 heavy (non-hydrogen) atoms. The molecular weight excluding hydrogens is 654 g/mol.